The van der Waals surface area contributed by atoms with Gasteiger partial charge < -0.3 is 10.6 Å². The fraction of sp³-hybridized carbons (Fsp3) is 0.226. The molecule has 204 valence electrons. The Balaban J connectivity index is 1.15. The molecule has 0 spiro atoms. The highest BCUT2D eigenvalue weighted by Gasteiger charge is 2.65. The van der Waals surface area contributed by atoms with Crippen molar-refractivity contribution in [2.75, 3.05) is 5.32 Å². The van der Waals surface area contributed by atoms with Crippen molar-refractivity contribution < 1.29 is 24.0 Å². The van der Waals surface area contributed by atoms with Gasteiger partial charge in [-0.25, -0.2) is 4.79 Å². The van der Waals surface area contributed by atoms with Gasteiger partial charge in [0.15, 0.2) is 0 Å². The van der Waals surface area contributed by atoms with E-state index in [0.717, 1.165) is 21.6 Å². The molecule has 2 bridgehead atoms. The number of nitriles is 1. The van der Waals surface area contributed by atoms with E-state index in [-0.39, 0.29) is 29.9 Å². The van der Waals surface area contributed by atoms with Crippen LogP contribution in [-0.4, -0.2) is 40.1 Å². The highest BCUT2D eigenvalue weighted by molar-refractivity contribution is 6.25. The minimum absolute atomic E-state index is 0.0886. The zero-order valence-electron chi connectivity index (χ0n) is 22.3. The predicted molar refractivity (Wildman–Crippen MR) is 147 cm³/mol. The van der Waals surface area contributed by atoms with Crippen molar-refractivity contribution in [3.63, 3.8) is 0 Å². The van der Waals surface area contributed by atoms with Crippen molar-refractivity contribution in [2.24, 2.45) is 5.92 Å². The van der Waals surface area contributed by atoms with Crippen LogP contribution in [-0.2, 0) is 15.1 Å². The molecule has 10 nitrogen and oxygen atoms in total. The molecule has 4 aliphatic rings. The minimum atomic E-state index is -1.35. The Morgan fingerprint density at radius 1 is 0.951 bits per heavy atom. The monoisotopic (exact) mass is 547 g/mol. The molecule has 1 aliphatic carbocycles. The third-order valence-corrected chi connectivity index (χ3v) is 8.13. The normalized spacial score (nSPS) is 21.0. The van der Waals surface area contributed by atoms with Gasteiger partial charge in [0.25, 0.3) is 17.7 Å². The largest absolute Gasteiger partial charge is 0.329 e. The van der Waals surface area contributed by atoms with E-state index in [1.165, 1.54) is 18.2 Å². The molecule has 10 heteroatoms. The smallest absolute Gasteiger partial charge is 0.319 e. The topological polar surface area (TPSA) is 148 Å². The molecule has 3 heterocycles. The summed E-state index contributed by atoms with van der Waals surface area (Å²) in [5.41, 5.74) is 1.69. The minimum Gasteiger partial charge on any atom is -0.329 e. The zero-order valence-corrected chi connectivity index (χ0v) is 22.3. The van der Waals surface area contributed by atoms with Gasteiger partial charge in [-0.1, -0.05) is 36.4 Å². The van der Waals surface area contributed by atoms with Crippen LogP contribution in [0.2, 0.25) is 0 Å². The third-order valence-electron chi connectivity index (χ3n) is 8.13. The molecule has 3 aromatic rings. The number of piperidine rings is 2. The van der Waals surface area contributed by atoms with Crippen molar-refractivity contribution in [3.8, 4) is 17.2 Å². The molecule has 3 aromatic carbocycles. The second kappa shape index (κ2) is 9.13. The van der Waals surface area contributed by atoms with Crippen LogP contribution in [0.25, 0.3) is 11.1 Å². The van der Waals surface area contributed by atoms with Gasteiger partial charge in [0, 0.05) is 11.6 Å². The molecule has 41 heavy (non-hydrogen) atoms. The highest BCUT2D eigenvalue weighted by atomic mass is 16.2. The molecule has 0 radical (unpaired) electrons. The molecule has 3 fully saturated rings. The second-order valence-corrected chi connectivity index (χ2v) is 11.1. The summed E-state index contributed by atoms with van der Waals surface area (Å²) in [5, 5.41) is 17.1. The Morgan fingerprint density at radius 3 is 2.34 bits per heavy atom. The van der Waals surface area contributed by atoms with Crippen molar-refractivity contribution in [1.82, 2.24) is 15.5 Å². The Hall–Kier alpha value is -5.30. The van der Waals surface area contributed by atoms with Crippen LogP contribution in [0.1, 0.15) is 58.5 Å². The number of hydrogen-bond donors (Lipinski definition) is 3. The first-order valence-electron chi connectivity index (χ1n) is 13.1. The lowest BCUT2D eigenvalue weighted by Gasteiger charge is -2.52. The van der Waals surface area contributed by atoms with E-state index in [9.17, 15) is 24.0 Å². The lowest BCUT2D eigenvalue weighted by molar-refractivity contribution is -0.158. The van der Waals surface area contributed by atoms with Crippen LogP contribution in [0, 0.1) is 17.2 Å². The number of carbonyl (C=O) groups is 5. The Bertz CT molecular complexity index is 1710. The molecule has 3 N–H and O–H groups in total. The van der Waals surface area contributed by atoms with E-state index in [0.29, 0.717) is 11.3 Å². The molecule has 0 unspecified atom stereocenters. The number of hydrogen-bond acceptors (Lipinski definition) is 6. The lowest BCUT2D eigenvalue weighted by atomic mass is 9.63. The van der Waals surface area contributed by atoms with Crippen molar-refractivity contribution in [1.29, 1.82) is 5.26 Å². The summed E-state index contributed by atoms with van der Waals surface area (Å²) in [6.07, 6.45) is 0.248. The first kappa shape index (κ1) is 26.0. The quantitative estimate of drug-likeness (QED) is 0.415. The number of imide groups is 2. The first-order chi connectivity index (χ1) is 19.5. The van der Waals surface area contributed by atoms with Gasteiger partial charge in [-0.3, -0.25) is 29.4 Å². The average Bonchev–Trinajstić information content (AvgIpc) is 3.17. The molecule has 6 amide bonds. The maximum Gasteiger partial charge on any atom is 0.319 e. The average molecular weight is 548 g/mol. The molecule has 1 saturated carbocycles. The molecular weight excluding hydrogens is 522 g/mol. The van der Waals surface area contributed by atoms with Gasteiger partial charge in [0.1, 0.15) is 5.54 Å². The summed E-state index contributed by atoms with van der Waals surface area (Å²) >= 11 is 0. The summed E-state index contributed by atoms with van der Waals surface area (Å²) in [6.45, 7) is 3.71. The maximum atomic E-state index is 13.3. The molecule has 0 aromatic heterocycles. The van der Waals surface area contributed by atoms with Crippen LogP contribution >= 0.6 is 0 Å². The molecule has 2 saturated heterocycles. The van der Waals surface area contributed by atoms with E-state index in [4.69, 9.17) is 5.26 Å². The summed E-state index contributed by atoms with van der Waals surface area (Å²) < 4.78 is 0. The summed E-state index contributed by atoms with van der Waals surface area (Å²) in [7, 11) is 0. The van der Waals surface area contributed by atoms with E-state index in [1.807, 2.05) is 56.3 Å². The molecule has 7 rings (SSSR count). The Morgan fingerprint density at radius 2 is 1.66 bits per heavy atom. The van der Waals surface area contributed by atoms with Gasteiger partial charge in [-0.05, 0) is 73.7 Å². The fourth-order valence-corrected chi connectivity index (χ4v) is 5.81. The Labute approximate surface area is 235 Å². The van der Waals surface area contributed by atoms with Crippen molar-refractivity contribution in [3.05, 3.63) is 89.0 Å². The fourth-order valence-electron chi connectivity index (χ4n) is 5.81. The van der Waals surface area contributed by atoms with E-state index in [2.05, 4.69) is 22.0 Å². The van der Waals surface area contributed by atoms with Crippen LogP contribution in [0.4, 0.5) is 10.5 Å². The van der Waals surface area contributed by atoms with Gasteiger partial charge >= 0.3 is 6.03 Å². The number of anilines is 1. The number of carbonyl (C=O) groups excluding carboxylic acids is 5. The number of nitrogens with one attached hydrogen (secondary N) is 3. The maximum absolute atomic E-state index is 13.3. The molecule has 0 atom stereocenters. The number of urea groups is 1. The number of nitrogens with zero attached hydrogens (tertiary/aromatic N) is 2. The van der Waals surface area contributed by atoms with Gasteiger partial charge in [-0.15, -0.1) is 0 Å². The lowest BCUT2D eigenvalue weighted by Crippen LogP contribution is -2.74. The van der Waals surface area contributed by atoms with Gasteiger partial charge in [-0.2, -0.15) is 5.26 Å². The molecule has 3 aliphatic heterocycles. The summed E-state index contributed by atoms with van der Waals surface area (Å²) in [5.74, 6) is -2.63. The standard InChI is InChI=1S/C31H25N5O5/c1-30(2,21-8-6-18(7-9-21)19-5-3-4-17(12-19)16-32)35-29(41)33-22-10-11-23-24(13-22)27(39)36(26(23)38)31-14-20(15-31)25(37)34-28(31)40/h3-13,20H,14-15H2,1-2H3,(H2,33,35,41)(H,34,37,40). The zero-order chi connectivity index (χ0) is 29.1. The van der Waals surface area contributed by atoms with Crippen molar-refractivity contribution >= 4 is 35.3 Å². The number of fused-ring (bicyclic) bond motifs is 3. The van der Waals surface area contributed by atoms with Gasteiger partial charge in [0.2, 0.25) is 5.91 Å². The van der Waals surface area contributed by atoms with E-state index < -0.39 is 40.7 Å². The van der Waals surface area contributed by atoms with Crippen LogP contribution in [0.3, 0.4) is 0 Å². The van der Waals surface area contributed by atoms with Gasteiger partial charge in [0.05, 0.1) is 28.3 Å². The number of amides is 6. The number of rotatable bonds is 5. The summed E-state index contributed by atoms with van der Waals surface area (Å²) in [4.78, 5) is 64.8. The SMILES string of the molecule is CC(C)(NC(=O)Nc1ccc2c(c1)C(=O)N(C13CC(C1)C(=O)NC3=O)C2=O)c1ccc(-c2cccc(C#N)c2)cc1. The third kappa shape index (κ3) is 4.14. The second-order valence-electron chi connectivity index (χ2n) is 11.1. The highest BCUT2D eigenvalue weighted by Crippen LogP contribution is 2.48. The predicted octanol–water partition coefficient (Wildman–Crippen LogP) is 3.68. The number of benzene rings is 3. The van der Waals surface area contributed by atoms with Crippen LogP contribution < -0.4 is 16.0 Å². The van der Waals surface area contributed by atoms with E-state index >= 15 is 0 Å². The van der Waals surface area contributed by atoms with Crippen LogP contribution in [0.5, 0.6) is 0 Å². The molecular formula is C31H25N5O5. The first-order valence-corrected chi connectivity index (χ1v) is 13.1. The van der Waals surface area contributed by atoms with E-state index in [1.54, 1.807) is 6.07 Å². The summed E-state index contributed by atoms with van der Waals surface area (Å²) in [6, 6.07) is 21.0. The van der Waals surface area contributed by atoms with Crippen LogP contribution in [0.15, 0.2) is 66.7 Å². The Kier molecular flexibility index (Phi) is 5.78. The van der Waals surface area contributed by atoms with Crippen molar-refractivity contribution in [2.45, 2.75) is 37.8 Å².